The van der Waals surface area contributed by atoms with Crippen LogP contribution in [0.5, 0.6) is 5.75 Å². The number of ether oxygens (including phenoxy) is 1. The number of guanidine groups is 1. The normalized spacial score (nSPS) is 18.3. The minimum Gasteiger partial charge on any atom is -0.489 e. The standard InChI is InChI=1S/C21H36N4O.HI/c1-5-19(26-20-11-9-8-10-12-20)15-23-21(22-4)25-14-13-18(17-25)16-24(6-2)7-3;/h8-12,18-19H,5-7,13-17H2,1-4H3,(H,22,23);1H. The van der Waals surface area contributed by atoms with Gasteiger partial charge in [0.15, 0.2) is 5.96 Å². The van der Waals surface area contributed by atoms with Crippen molar-refractivity contribution in [3.63, 3.8) is 0 Å². The van der Waals surface area contributed by atoms with Crippen molar-refractivity contribution < 1.29 is 4.74 Å². The van der Waals surface area contributed by atoms with Crippen LogP contribution in [0.2, 0.25) is 0 Å². The van der Waals surface area contributed by atoms with Gasteiger partial charge in [-0.3, -0.25) is 4.99 Å². The molecule has 6 heteroatoms. The molecule has 2 rings (SSSR count). The smallest absolute Gasteiger partial charge is 0.193 e. The summed E-state index contributed by atoms with van der Waals surface area (Å²) >= 11 is 0. The molecule has 0 aliphatic carbocycles. The second-order valence-electron chi connectivity index (χ2n) is 6.98. The minimum atomic E-state index is 0. The van der Waals surface area contributed by atoms with Crippen molar-refractivity contribution >= 4 is 29.9 Å². The fourth-order valence-corrected chi connectivity index (χ4v) is 3.52. The number of hydrogen-bond acceptors (Lipinski definition) is 3. The van der Waals surface area contributed by atoms with E-state index in [2.05, 4.69) is 40.9 Å². The van der Waals surface area contributed by atoms with Crippen LogP contribution in [0.15, 0.2) is 35.3 Å². The molecule has 1 aromatic carbocycles. The first-order valence-electron chi connectivity index (χ1n) is 10.1. The van der Waals surface area contributed by atoms with Crippen molar-refractivity contribution in [2.75, 3.05) is 46.3 Å². The highest BCUT2D eigenvalue weighted by Crippen LogP contribution is 2.18. The molecule has 0 spiro atoms. The van der Waals surface area contributed by atoms with Crippen LogP contribution in [0, 0.1) is 5.92 Å². The van der Waals surface area contributed by atoms with Crippen LogP contribution in [0.1, 0.15) is 33.6 Å². The number of nitrogens with zero attached hydrogens (tertiary/aromatic N) is 3. The summed E-state index contributed by atoms with van der Waals surface area (Å²) in [4.78, 5) is 9.41. The van der Waals surface area contributed by atoms with Gasteiger partial charge in [-0.2, -0.15) is 0 Å². The molecule has 154 valence electrons. The Labute approximate surface area is 182 Å². The highest BCUT2D eigenvalue weighted by Gasteiger charge is 2.26. The van der Waals surface area contributed by atoms with Crippen LogP contribution in [-0.2, 0) is 0 Å². The van der Waals surface area contributed by atoms with Gasteiger partial charge in [-0.15, -0.1) is 24.0 Å². The van der Waals surface area contributed by atoms with Crippen molar-refractivity contribution in [1.29, 1.82) is 0 Å². The Morgan fingerprint density at radius 1 is 1.26 bits per heavy atom. The summed E-state index contributed by atoms with van der Waals surface area (Å²) in [6, 6.07) is 10.0. The zero-order chi connectivity index (χ0) is 18.8. The number of nitrogens with one attached hydrogen (secondary N) is 1. The number of hydrogen-bond donors (Lipinski definition) is 1. The van der Waals surface area contributed by atoms with Gasteiger partial charge in [-0.25, -0.2) is 0 Å². The van der Waals surface area contributed by atoms with Gasteiger partial charge in [0, 0.05) is 26.7 Å². The Kier molecular flexibility index (Phi) is 11.7. The molecule has 5 nitrogen and oxygen atoms in total. The summed E-state index contributed by atoms with van der Waals surface area (Å²) in [7, 11) is 1.87. The first kappa shape index (κ1) is 24.0. The molecule has 27 heavy (non-hydrogen) atoms. The van der Waals surface area contributed by atoms with E-state index >= 15 is 0 Å². The molecule has 1 saturated heterocycles. The van der Waals surface area contributed by atoms with Crippen LogP contribution < -0.4 is 10.1 Å². The largest absolute Gasteiger partial charge is 0.489 e. The van der Waals surface area contributed by atoms with E-state index in [0.29, 0.717) is 0 Å². The first-order chi connectivity index (χ1) is 12.7. The highest BCUT2D eigenvalue weighted by molar-refractivity contribution is 14.0. The van der Waals surface area contributed by atoms with E-state index in [1.165, 1.54) is 13.0 Å². The molecule has 0 bridgehead atoms. The lowest BCUT2D eigenvalue weighted by Crippen LogP contribution is -2.44. The lowest BCUT2D eigenvalue weighted by molar-refractivity contribution is 0.198. The molecule has 0 aromatic heterocycles. The Hall–Kier alpha value is -1.02. The number of likely N-dealkylation sites (tertiary alicyclic amines) is 1. The van der Waals surface area contributed by atoms with Crippen LogP contribution in [0.3, 0.4) is 0 Å². The third-order valence-corrected chi connectivity index (χ3v) is 5.20. The molecule has 1 N–H and O–H groups in total. The van der Waals surface area contributed by atoms with E-state index < -0.39 is 0 Å². The summed E-state index contributed by atoms with van der Waals surface area (Å²) in [5.41, 5.74) is 0. The van der Waals surface area contributed by atoms with Gasteiger partial charge in [-0.05, 0) is 44.0 Å². The molecule has 0 saturated carbocycles. The first-order valence-corrected chi connectivity index (χ1v) is 10.1. The molecular formula is C21H37IN4O. The van der Waals surface area contributed by atoms with E-state index in [4.69, 9.17) is 4.74 Å². The highest BCUT2D eigenvalue weighted by atomic mass is 127. The Balaban J connectivity index is 0.00000364. The van der Waals surface area contributed by atoms with E-state index in [1.54, 1.807) is 0 Å². The number of benzene rings is 1. The number of para-hydroxylation sites is 1. The average molecular weight is 488 g/mol. The molecule has 2 atom stereocenters. The molecule has 1 fully saturated rings. The number of rotatable bonds is 9. The summed E-state index contributed by atoms with van der Waals surface area (Å²) in [5.74, 6) is 2.66. The summed E-state index contributed by atoms with van der Waals surface area (Å²) in [5, 5.41) is 3.52. The predicted molar refractivity (Wildman–Crippen MR) is 125 cm³/mol. The topological polar surface area (TPSA) is 40.1 Å². The van der Waals surface area contributed by atoms with E-state index in [9.17, 15) is 0 Å². The minimum absolute atomic E-state index is 0. The lowest BCUT2D eigenvalue weighted by atomic mass is 10.1. The molecule has 1 aliphatic rings. The Morgan fingerprint density at radius 3 is 2.56 bits per heavy atom. The molecule has 0 radical (unpaired) electrons. The van der Waals surface area contributed by atoms with Crippen molar-refractivity contribution in [3.05, 3.63) is 30.3 Å². The zero-order valence-electron chi connectivity index (χ0n) is 17.4. The van der Waals surface area contributed by atoms with Gasteiger partial charge >= 0.3 is 0 Å². The molecular weight excluding hydrogens is 451 g/mol. The maximum Gasteiger partial charge on any atom is 0.193 e. The van der Waals surface area contributed by atoms with Crippen LogP contribution >= 0.6 is 24.0 Å². The van der Waals surface area contributed by atoms with Gasteiger partial charge in [0.1, 0.15) is 11.9 Å². The average Bonchev–Trinajstić information content (AvgIpc) is 3.14. The monoisotopic (exact) mass is 488 g/mol. The van der Waals surface area contributed by atoms with Crippen molar-refractivity contribution in [3.8, 4) is 5.75 Å². The van der Waals surface area contributed by atoms with Gasteiger partial charge in [0.2, 0.25) is 0 Å². The zero-order valence-corrected chi connectivity index (χ0v) is 19.7. The lowest BCUT2D eigenvalue weighted by Gasteiger charge is -2.26. The quantitative estimate of drug-likeness (QED) is 0.327. The summed E-state index contributed by atoms with van der Waals surface area (Å²) in [6.07, 6.45) is 2.35. The SMILES string of the molecule is CCC(CNC(=NC)N1CCC(CN(CC)CC)C1)Oc1ccccc1.I. The second kappa shape index (κ2) is 13.2. The number of aliphatic imine (C=N–C) groups is 1. The second-order valence-corrected chi connectivity index (χ2v) is 6.98. The maximum atomic E-state index is 6.08. The van der Waals surface area contributed by atoms with E-state index in [-0.39, 0.29) is 30.1 Å². The van der Waals surface area contributed by atoms with E-state index in [1.807, 2.05) is 37.4 Å². The maximum absolute atomic E-state index is 6.08. The van der Waals surface area contributed by atoms with Gasteiger partial charge in [0.05, 0.1) is 6.54 Å². The summed E-state index contributed by atoms with van der Waals surface area (Å²) < 4.78 is 6.08. The third kappa shape index (κ3) is 7.86. The third-order valence-electron chi connectivity index (χ3n) is 5.20. The Bertz CT molecular complexity index is 536. The Morgan fingerprint density at radius 2 is 1.96 bits per heavy atom. The van der Waals surface area contributed by atoms with Gasteiger partial charge in [-0.1, -0.05) is 39.0 Å². The van der Waals surface area contributed by atoms with Crippen LogP contribution in [0.4, 0.5) is 0 Å². The molecule has 1 aromatic rings. The van der Waals surface area contributed by atoms with Gasteiger partial charge < -0.3 is 19.9 Å². The van der Waals surface area contributed by atoms with Gasteiger partial charge in [0.25, 0.3) is 0 Å². The van der Waals surface area contributed by atoms with E-state index in [0.717, 1.165) is 56.8 Å². The molecule has 1 aliphatic heterocycles. The fraction of sp³-hybridized carbons (Fsp3) is 0.667. The molecule has 0 amide bonds. The van der Waals surface area contributed by atoms with Crippen LogP contribution in [0.25, 0.3) is 0 Å². The molecule has 1 heterocycles. The molecule has 2 unspecified atom stereocenters. The number of halogens is 1. The van der Waals surface area contributed by atoms with Crippen molar-refractivity contribution in [2.45, 2.75) is 39.7 Å². The fourth-order valence-electron chi connectivity index (χ4n) is 3.52. The summed E-state index contributed by atoms with van der Waals surface area (Å²) in [6.45, 7) is 13.1. The predicted octanol–water partition coefficient (Wildman–Crippen LogP) is 3.70. The van der Waals surface area contributed by atoms with Crippen molar-refractivity contribution in [2.24, 2.45) is 10.9 Å². The van der Waals surface area contributed by atoms with Crippen molar-refractivity contribution in [1.82, 2.24) is 15.1 Å². The van der Waals surface area contributed by atoms with Crippen LogP contribution in [-0.4, -0.2) is 68.2 Å².